The second-order valence-electron chi connectivity index (χ2n) is 8.06. The zero-order chi connectivity index (χ0) is 22.5. The Bertz CT molecular complexity index is 1200. The molecule has 162 valence electrons. The molecule has 0 atom stereocenters. The summed E-state index contributed by atoms with van der Waals surface area (Å²) in [7, 11) is 0. The van der Waals surface area contributed by atoms with Gasteiger partial charge in [-0.25, -0.2) is 5.43 Å². The Kier molecular flexibility index (Phi) is 5.03. The van der Waals surface area contributed by atoms with Crippen LogP contribution in [-0.2, 0) is 11.0 Å². The number of hydrogen-bond acceptors (Lipinski definition) is 3. The van der Waals surface area contributed by atoms with Crippen molar-refractivity contribution >= 4 is 22.5 Å². The first-order valence-electron chi connectivity index (χ1n) is 9.94. The van der Waals surface area contributed by atoms with E-state index in [-0.39, 0.29) is 28.8 Å². The summed E-state index contributed by atoms with van der Waals surface area (Å²) in [6.45, 7) is 5.36. The van der Waals surface area contributed by atoms with Crippen LogP contribution >= 0.6 is 0 Å². The lowest BCUT2D eigenvalue weighted by Gasteiger charge is -2.11. The molecule has 1 fully saturated rings. The molecule has 4 rings (SSSR count). The average Bonchev–Trinajstić information content (AvgIpc) is 3.47. The van der Waals surface area contributed by atoms with E-state index in [1.54, 1.807) is 19.1 Å². The molecule has 1 heterocycles. The van der Waals surface area contributed by atoms with E-state index in [0.29, 0.717) is 16.8 Å². The van der Waals surface area contributed by atoms with Crippen molar-refractivity contribution in [2.45, 2.75) is 39.8 Å². The molecule has 0 aliphatic heterocycles. The Hall–Kier alpha value is -3.29. The van der Waals surface area contributed by atoms with Crippen molar-refractivity contribution < 1.29 is 23.1 Å². The molecule has 5 nitrogen and oxygen atoms in total. The monoisotopic (exact) mass is 429 g/mol. The van der Waals surface area contributed by atoms with Crippen LogP contribution in [-0.4, -0.2) is 21.3 Å². The van der Waals surface area contributed by atoms with Crippen LogP contribution in [0, 0.1) is 19.8 Å². The van der Waals surface area contributed by atoms with Crippen LogP contribution in [0.4, 0.5) is 13.2 Å². The Labute approximate surface area is 177 Å². The Morgan fingerprint density at radius 2 is 1.77 bits per heavy atom. The Morgan fingerprint density at radius 3 is 2.35 bits per heavy atom. The number of alkyl halides is 3. The fraction of sp³-hybridized carbons (Fsp3) is 0.304. The number of aromatic nitrogens is 1. The van der Waals surface area contributed by atoms with Crippen molar-refractivity contribution in [2.75, 3.05) is 0 Å². The van der Waals surface area contributed by atoms with Gasteiger partial charge in [-0.2, -0.15) is 18.3 Å². The maximum atomic E-state index is 13.4. The van der Waals surface area contributed by atoms with Crippen molar-refractivity contribution in [1.29, 1.82) is 0 Å². The molecule has 1 aliphatic carbocycles. The molecule has 3 aromatic rings. The third-order valence-corrected chi connectivity index (χ3v) is 5.38. The molecule has 1 aromatic heterocycles. The lowest BCUT2D eigenvalue weighted by molar-refractivity contribution is -0.137. The van der Waals surface area contributed by atoms with E-state index >= 15 is 0 Å². The highest BCUT2D eigenvalue weighted by Gasteiger charge is 2.32. The van der Waals surface area contributed by atoms with Crippen LogP contribution in [0.3, 0.4) is 0 Å². The molecule has 1 aliphatic rings. The number of nitrogens with one attached hydrogen (secondary N) is 1. The van der Waals surface area contributed by atoms with Gasteiger partial charge in [-0.05, 0) is 69.0 Å². The van der Waals surface area contributed by atoms with E-state index < -0.39 is 11.7 Å². The SMILES string of the molecule is C/C(=N/NC(=O)C1CC1)c1c(O)n(-c2cc(C)cc(C)c2)c2cc(C(F)(F)F)ccc12. The summed E-state index contributed by atoms with van der Waals surface area (Å²) >= 11 is 0. The minimum Gasteiger partial charge on any atom is -0.494 e. The lowest BCUT2D eigenvalue weighted by Crippen LogP contribution is -2.20. The fourth-order valence-electron chi connectivity index (χ4n) is 3.78. The van der Waals surface area contributed by atoms with E-state index in [0.717, 1.165) is 36.1 Å². The molecule has 0 saturated heterocycles. The van der Waals surface area contributed by atoms with E-state index in [1.165, 1.54) is 10.6 Å². The number of fused-ring (bicyclic) bond motifs is 1. The molecule has 1 saturated carbocycles. The lowest BCUT2D eigenvalue weighted by atomic mass is 10.1. The van der Waals surface area contributed by atoms with E-state index in [9.17, 15) is 23.1 Å². The second-order valence-corrected chi connectivity index (χ2v) is 8.06. The van der Waals surface area contributed by atoms with Gasteiger partial charge in [-0.1, -0.05) is 12.1 Å². The predicted molar refractivity (Wildman–Crippen MR) is 112 cm³/mol. The van der Waals surface area contributed by atoms with E-state index in [4.69, 9.17) is 0 Å². The summed E-state index contributed by atoms with van der Waals surface area (Å²) in [6, 6.07) is 8.84. The number of benzene rings is 2. The van der Waals surface area contributed by atoms with Gasteiger partial charge in [0.25, 0.3) is 0 Å². The number of amides is 1. The number of hydrogen-bond donors (Lipinski definition) is 2. The van der Waals surface area contributed by atoms with Crippen LogP contribution in [0.25, 0.3) is 16.6 Å². The Morgan fingerprint density at radius 1 is 1.13 bits per heavy atom. The highest BCUT2D eigenvalue weighted by molar-refractivity contribution is 6.13. The molecule has 31 heavy (non-hydrogen) atoms. The van der Waals surface area contributed by atoms with Gasteiger partial charge in [-0.15, -0.1) is 0 Å². The van der Waals surface area contributed by atoms with E-state index in [1.807, 2.05) is 19.9 Å². The third kappa shape index (κ3) is 4.02. The molecule has 0 unspecified atom stereocenters. The van der Waals surface area contributed by atoms with Gasteiger partial charge in [0.1, 0.15) is 0 Å². The molecule has 0 spiro atoms. The van der Waals surface area contributed by atoms with Crippen molar-refractivity contribution in [3.8, 4) is 11.6 Å². The van der Waals surface area contributed by atoms with Gasteiger partial charge in [-0.3, -0.25) is 9.36 Å². The van der Waals surface area contributed by atoms with Crippen molar-refractivity contribution in [1.82, 2.24) is 9.99 Å². The summed E-state index contributed by atoms with van der Waals surface area (Å²) in [5.41, 5.74) is 4.82. The highest BCUT2D eigenvalue weighted by Crippen LogP contribution is 2.39. The van der Waals surface area contributed by atoms with Gasteiger partial charge < -0.3 is 5.11 Å². The largest absolute Gasteiger partial charge is 0.494 e. The van der Waals surface area contributed by atoms with Gasteiger partial charge in [0.2, 0.25) is 11.8 Å². The van der Waals surface area contributed by atoms with Crippen LogP contribution in [0.5, 0.6) is 5.88 Å². The summed E-state index contributed by atoms with van der Waals surface area (Å²) in [5, 5.41) is 15.6. The number of rotatable bonds is 4. The minimum absolute atomic E-state index is 0.0453. The quantitative estimate of drug-likeness (QED) is 0.441. The highest BCUT2D eigenvalue weighted by atomic mass is 19.4. The first-order chi connectivity index (χ1) is 14.6. The number of halogens is 3. The number of aryl methyl sites for hydroxylation is 2. The third-order valence-electron chi connectivity index (χ3n) is 5.38. The van der Waals surface area contributed by atoms with Crippen LogP contribution in [0.2, 0.25) is 0 Å². The first-order valence-corrected chi connectivity index (χ1v) is 9.94. The van der Waals surface area contributed by atoms with Gasteiger partial charge in [0.05, 0.1) is 22.4 Å². The van der Waals surface area contributed by atoms with Gasteiger partial charge in [0, 0.05) is 17.0 Å². The van der Waals surface area contributed by atoms with Crippen molar-refractivity contribution in [3.63, 3.8) is 0 Å². The first kappa shape index (κ1) is 21.0. The number of carbonyl (C=O) groups excluding carboxylic acids is 1. The summed E-state index contributed by atoms with van der Waals surface area (Å²) in [4.78, 5) is 11.9. The zero-order valence-corrected chi connectivity index (χ0v) is 17.3. The number of aromatic hydroxyl groups is 1. The number of hydrazone groups is 1. The standard InChI is InChI=1S/C23H22F3N3O2/c1-12-8-13(2)10-17(9-12)29-19-11-16(23(24,25)26)6-7-18(19)20(22(29)31)14(3)27-28-21(30)15-4-5-15/h6-11,15,31H,4-5H2,1-3H3,(H,28,30)/b27-14-. The summed E-state index contributed by atoms with van der Waals surface area (Å²) in [5.74, 6) is -0.478. The smallest absolute Gasteiger partial charge is 0.416 e. The summed E-state index contributed by atoms with van der Waals surface area (Å²) < 4.78 is 41.6. The molecule has 0 bridgehead atoms. The van der Waals surface area contributed by atoms with E-state index in [2.05, 4.69) is 10.5 Å². The van der Waals surface area contributed by atoms with Crippen LogP contribution in [0.1, 0.15) is 42.0 Å². The summed E-state index contributed by atoms with van der Waals surface area (Å²) in [6.07, 6.45) is -2.89. The molecule has 0 radical (unpaired) electrons. The molecular weight excluding hydrogens is 407 g/mol. The molecule has 2 N–H and O–H groups in total. The molecular formula is C23H22F3N3O2. The van der Waals surface area contributed by atoms with Crippen LogP contribution < -0.4 is 5.43 Å². The van der Waals surface area contributed by atoms with Crippen molar-refractivity contribution in [3.05, 3.63) is 58.7 Å². The second kappa shape index (κ2) is 7.44. The van der Waals surface area contributed by atoms with Crippen molar-refractivity contribution in [2.24, 2.45) is 11.0 Å². The topological polar surface area (TPSA) is 66.6 Å². The molecule has 2 aromatic carbocycles. The van der Waals surface area contributed by atoms with Gasteiger partial charge in [0.15, 0.2) is 0 Å². The normalized spacial score (nSPS) is 14.8. The zero-order valence-electron chi connectivity index (χ0n) is 17.3. The predicted octanol–water partition coefficient (Wildman–Crippen LogP) is 5.22. The Balaban J connectivity index is 1.93. The van der Waals surface area contributed by atoms with Crippen LogP contribution in [0.15, 0.2) is 41.5 Å². The van der Waals surface area contributed by atoms with Gasteiger partial charge >= 0.3 is 6.18 Å². The minimum atomic E-state index is -4.52. The molecule has 8 heteroatoms. The number of carbonyl (C=O) groups is 1. The fourth-order valence-corrected chi connectivity index (χ4v) is 3.78. The number of nitrogens with zero attached hydrogens (tertiary/aromatic N) is 2. The maximum absolute atomic E-state index is 13.4. The maximum Gasteiger partial charge on any atom is 0.416 e. The molecule has 1 amide bonds. The average molecular weight is 429 g/mol.